The molecule has 0 N–H and O–H groups in total. The zero-order valence-electron chi connectivity index (χ0n) is 21.3. The predicted octanol–water partition coefficient (Wildman–Crippen LogP) is 7.39. The van der Waals surface area contributed by atoms with Crippen molar-refractivity contribution in [2.24, 2.45) is 0 Å². The Kier molecular flexibility index (Phi) is 8.12. The van der Waals surface area contributed by atoms with Gasteiger partial charge in [-0.3, -0.25) is 4.90 Å². The molecular formula is C32H32BrNO3. The molecule has 0 saturated carbocycles. The van der Waals surface area contributed by atoms with Crippen LogP contribution in [-0.4, -0.2) is 25.6 Å². The van der Waals surface area contributed by atoms with Crippen LogP contribution in [0.5, 0.6) is 17.2 Å². The smallest absolute Gasteiger partial charge is 0.162 e. The lowest BCUT2D eigenvalue weighted by molar-refractivity contribution is 0.226. The second kappa shape index (κ2) is 11.8. The summed E-state index contributed by atoms with van der Waals surface area (Å²) in [4.78, 5) is 2.43. The minimum atomic E-state index is 0.247. The van der Waals surface area contributed by atoms with Crippen molar-refractivity contribution in [1.82, 2.24) is 4.90 Å². The van der Waals surface area contributed by atoms with E-state index in [4.69, 9.17) is 14.2 Å². The molecule has 1 heterocycles. The maximum Gasteiger partial charge on any atom is 0.162 e. The van der Waals surface area contributed by atoms with Crippen LogP contribution in [0.2, 0.25) is 0 Å². The second-order valence-electron chi connectivity index (χ2n) is 9.47. The fourth-order valence-electron chi connectivity index (χ4n) is 4.85. The highest BCUT2D eigenvalue weighted by atomic mass is 79.9. The minimum absolute atomic E-state index is 0.247. The van der Waals surface area contributed by atoms with Gasteiger partial charge in [-0.2, -0.15) is 0 Å². The number of benzene rings is 4. The number of rotatable bonds is 9. The Morgan fingerprint density at radius 1 is 0.757 bits per heavy atom. The molecule has 4 aromatic rings. The molecule has 4 aromatic carbocycles. The zero-order valence-corrected chi connectivity index (χ0v) is 22.9. The van der Waals surface area contributed by atoms with Gasteiger partial charge < -0.3 is 14.2 Å². The van der Waals surface area contributed by atoms with Gasteiger partial charge in [-0.15, -0.1) is 0 Å². The van der Waals surface area contributed by atoms with Crippen LogP contribution in [0.1, 0.15) is 33.9 Å². The van der Waals surface area contributed by atoms with E-state index in [0.29, 0.717) is 13.2 Å². The lowest BCUT2D eigenvalue weighted by Crippen LogP contribution is -2.33. The third-order valence-electron chi connectivity index (χ3n) is 6.95. The molecule has 37 heavy (non-hydrogen) atoms. The van der Waals surface area contributed by atoms with Crippen LogP contribution >= 0.6 is 15.9 Å². The van der Waals surface area contributed by atoms with Crippen molar-refractivity contribution in [2.75, 3.05) is 20.7 Å². The molecule has 0 bridgehead atoms. The summed E-state index contributed by atoms with van der Waals surface area (Å²) < 4.78 is 19.0. The van der Waals surface area contributed by atoms with Gasteiger partial charge in [0.1, 0.15) is 19.0 Å². The maximum absolute atomic E-state index is 6.24. The van der Waals surface area contributed by atoms with Crippen molar-refractivity contribution in [3.05, 3.63) is 123 Å². The molecule has 5 heteroatoms. The Morgan fingerprint density at radius 3 is 2.03 bits per heavy atom. The fraction of sp³-hybridized carbons (Fsp3) is 0.250. The zero-order chi connectivity index (χ0) is 25.6. The molecule has 0 amide bonds. The van der Waals surface area contributed by atoms with Gasteiger partial charge in [-0.25, -0.2) is 0 Å². The van der Waals surface area contributed by atoms with E-state index in [-0.39, 0.29) is 6.04 Å². The number of fused-ring (bicyclic) bond motifs is 1. The standard InChI is InChI=1S/C32H32BrNO3/c1-34-16-15-26-19-31(35-2)32(37-22-24-11-7-4-8-12-24)20-27(26)29(34)18-25-13-14-30(28(33)17-25)36-21-23-9-5-3-6-10-23/h3-14,17,19-20,29H,15-16,18,21-22H2,1-2H3/t29-/m1/s1. The van der Waals surface area contributed by atoms with E-state index >= 15 is 0 Å². The Balaban J connectivity index is 1.34. The summed E-state index contributed by atoms with van der Waals surface area (Å²) in [6, 6.07) is 31.5. The molecule has 0 fully saturated rings. The average molecular weight is 559 g/mol. The van der Waals surface area contributed by atoms with Crippen LogP contribution in [-0.2, 0) is 26.1 Å². The van der Waals surface area contributed by atoms with Crippen molar-refractivity contribution in [1.29, 1.82) is 0 Å². The molecule has 4 nitrogen and oxygen atoms in total. The van der Waals surface area contributed by atoms with Crippen LogP contribution in [0.4, 0.5) is 0 Å². The van der Waals surface area contributed by atoms with Crippen LogP contribution in [0.25, 0.3) is 0 Å². The van der Waals surface area contributed by atoms with Gasteiger partial charge in [0.15, 0.2) is 11.5 Å². The van der Waals surface area contributed by atoms with E-state index < -0.39 is 0 Å². The van der Waals surface area contributed by atoms with E-state index in [0.717, 1.165) is 52.2 Å². The normalized spacial score (nSPS) is 15.2. The largest absolute Gasteiger partial charge is 0.493 e. The highest BCUT2D eigenvalue weighted by Gasteiger charge is 2.27. The van der Waals surface area contributed by atoms with Crippen LogP contribution in [0.3, 0.4) is 0 Å². The minimum Gasteiger partial charge on any atom is -0.493 e. The maximum atomic E-state index is 6.24. The number of nitrogens with zero attached hydrogens (tertiary/aromatic N) is 1. The molecule has 5 rings (SSSR count). The Morgan fingerprint density at radius 2 is 1.41 bits per heavy atom. The fourth-order valence-corrected chi connectivity index (χ4v) is 5.40. The SMILES string of the molecule is COc1cc2c(cc1OCc1ccccc1)[C@@H](Cc1ccc(OCc3ccccc3)c(Br)c1)N(C)CC2. The highest BCUT2D eigenvalue weighted by Crippen LogP contribution is 2.40. The van der Waals surface area contributed by atoms with E-state index in [1.54, 1.807) is 7.11 Å². The van der Waals surface area contributed by atoms with Crippen molar-refractivity contribution < 1.29 is 14.2 Å². The van der Waals surface area contributed by atoms with Gasteiger partial charge in [0.05, 0.1) is 11.6 Å². The number of halogens is 1. The van der Waals surface area contributed by atoms with Gasteiger partial charge in [0, 0.05) is 12.6 Å². The molecular weight excluding hydrogens is 526 g/mol. The van der Waals surface area contributed by atoms with Gasteiger partial charge >= 0.3 is 0 Å². The summed E-state index contributed by atoms with van der Waals surface area (Å²) in [5.41, 5.74) is 6.17. The first-order chi connectivity index (χ1) is 18.1. The van der Waals surface area contributed by atoms with Gasteiger partial charge in [0.25, 0.3) is 0 Å². The van der Waals surface area contributed by atoms with Crippen molar-refractivity contribution >= 4 is 15.9 Å². The van der Waals surface area contributed by atoms with E-state index in [2.05, 4.69) is 82.5 Å². The average Bonchev–Trinajstić information content (AvgIpc) is 2.93. The summed E-state index contributed by atoms with van der Waals surface area (Å²) in [6.07, 6.45) is 1.89. The molecule has 1 aliphatic rings. The van der Waals surface area contributed by atoms with E-state index in [9.17, 15) is 0 Å². The third-order valence-corrected chi connectivity index (χ3v) is 7.57. The van der Waals surface area contributed by atoms with Gasteiger partial charge in [-0.1, -0.05) is 66.7 Å². The van der Waals surface area contributed by atoms with E-state index in [1.165, 1.54) is 16.7 Å². The Bertz CT molecular complexity index is 1330. The molecule has 0 radical (unpaired) electrons. The quantitative estimate of drug-likeness (QED) is 0.214. The number of hydrogen-bond donors (Lipinski definition) is 0. The second-order valence-corrected chi connectivity index (χ2v) is 10.3. The molecule has 1 aliphatic heterocycles. The Hall–Kier alpha value is -3.28. The van der Waals surface area contributed by atoms with Crippen LogP contribution in [0.15, 0.2) is 95.5 Å². The molecule has 190 valence electrons. The first kappa shape index (κ1) is 25.4. The molecule has 0 aliphatic carbocycles. The van der Waals surface area contributed by atoms with Crippen molar-refractivity contribution in [3.63, 3.8) is 0 Å². The molecule has 0 aromatic heterocycles. The lowest BCUT2D eigenvalue weighted by Gasteiger charge is -2.35. The first-order valence-corrected chi connectivity index (χ1v) is 13.4. The molecule has 0 saturated heterocycles. The van der Waals surface area contributed by atoms with Gasteiger partial charge in [0.2, 0.25) is 0 Å². The molecule has 0 spiro atoms. The predicted molar refractivity (Wildman–Crippen MR) is 151 cm³/mol. The number of methoxy groups -OCH3 is 1. The number of likely N-dealkylation sites (N-methyl/N-ethyl adjacent to an activating group) is 1. The molecule has 0 unspecified atom stereocenters. The van der Waals surface area contributed by atoms with Gasteiger partial charge in [-0.05, 0) is 87.9 Å². The third kappa shape index (κ3) is 6.17. The topological polar surface area (TPSA) is 30.9 Å². The number of ether oxygens (including phenoxy) is 3. The highest BCUT2D eigenvalue weighted by molar-refractivity contribution is 9.10. The monoisotopic (exact) mass is 557 g/mol. The summed E-state index contributed by atoms with van der Waals surface area (Å²) >= 11 is 3.73. The van der Waals surface area contributed by atoms with Crippen LogP contribution in [0, 0.1) is 0 Å². The first-order valence-electron chi connectivity index (χ1n) is 12.6. The van der Waals surface area contributed by atoms with Crippen molar-refractivity contribution in [2.45, 2.75) is 32.1 Å². The molecule has 1 atom stereocenters. The summed E-state index contributed by atoms with van der Waals surface area (Å²) in [7, 11) is 3.91. The van der Waals surface area contributed by atoms with E-state index in [1.807, 2.05) is 36.4 Å². The summed E-state index contributed by atoms with van der Waals surface area (Å²) in [6.45, 7) is 2.06. The summed E-state index contributed by atoms with van der Waals surface area (Å²) in [5, 5.41) is 0. The van der Waals surface area contributed by atoms with Crippen LogP contribution < -0.4 is 14.2 Å². The summed E-state index contributed by atoms with van der Waals surface area (Å²) in [5.74, 6) is 2.43. The Labute approximate surface area is 227 Å². The number of hydrogen-bond acceptors (Lipinski definition) is 4. The lowest BCUT2D eigenvalue weighted by atomic mass is 9.88. The van der Waals surface area contributed by atoms with Crippen molar-refractivity contribution in [3.8, 4) is 17.2 Å².